The van der Waals surface area contributed by atoms with E-state index in [-0.39, 0.29) is 18.1 Å². The lowest BCUT2D eigenvalue weighted by Gasteiger charge is -2.38. The molecule has 16 heavy (non-hydrogen) atoms. The van der Waals surface area contributed by atoms with E-state index in [0.29, 0.717) is 5.92 Å². The fraction of sp³-hybridized carbons (Fsp3) is 0.769. The van der Waals surface area contributed by atoms with Gasteiger partial charge < -0.3 is 9.47 Å². The summed E-state index contributed by atoms with van der Waals surface area (Å²) < 4.78 is 10.1. The lowest BCUT2D eigenvalue weighted by atomic mass is 9.71. The van der Waals surface area contributed by atoms with Crippen LogP contribution < -0.4 is 0 Å². The molecule has 3 heteroatoms. The normalized spacial score (nSPS) is 28.2. The molecule has 0 bridgehead atoms. The lowest BCUT2D eigenvalue weighted by Crippen LogP contribution is -2.34. The van der Waals surface area contributed by atoms with Crippen molar-refractivity contribution in [2.75, 3.05) is 6.61 Å². The van der Waals surface area contributed by atoms with Gasteiger partial charge in [-0.2, -0.15) is 0 Å². The third-order valence-electron chi connectivity index (χ3n) is 2.93. The van der Waals surface area contributed by atoms with Crippen LogP contribution in [0, 0.1) is 11.3 Å². The van der Waals surface area contributed by atoms with E-state index in [1.165, 1.54) is 12.5 Å². The molecule has 0 radical (unpaired) electrons. The molecule has 1 aliphatic carbocycles. The number of ether oxygens (including phenoxy) is 2. The van der Waals surface area contributed by atoms with Crippen LogP contribution in [-0.4, -0.2) is 18.9 Å². The van der Waals surface area contributed by atoms with Crippen molar-refractivity contribution in [1.82, 2.24) is 0 Å². The molecule has 1 saturated carbocycles. The molecule has 0 heterocycles. The summed E-state index contributed by atoms with van der Waals surface area (Å²) >= 11 is 0. The highest BCUT2D eigenvalue weighted by Gasteiger charge is 2.34. The average Bonchev–Trinajstić information content (AvgIpc) is 2.11. The molecule has 3 nitrogen and oxygen atoms in total. The van der Waals surface area contributed by atoms with Crippen LogP contribution in [0.3, 0.4) is 0 Å². The Hall–Kier alpha value is -0.990. The Morgan fingerprint density at radius 2 is 2.19 bits per heavy atom. The van der Waals surface area contributed by atoms with Crippen LogP contribution in [0.5, 0.6) is 0 Å². The Morgan fingerprint density at radius 1 is 1.50 bits per heavy atom. The van der Waals surface area contributed by atoms with Crippen molar-refractivity contribution in [3.8, 4) is 0 Å². The summed E-state index contributed by atoms with van der Waals surface area (Å²) in [6, 6.07) is 0. The molecule has 0 N–H and O–H groups in total. The van der Waals surface area contributed by atoms with Gasteiger partial charge in [-0.1, -0.05) is 33.4 Å². The molecular formula is C13H22O3. The van der Waals surface area contributed by atoms with Crippen molar-refractivity contribution in [1.29, 1.82) is 0 Å². The molecule has 0 aromatic rings. The van der Waals surface area contributed by atoms with Crippen LogP contribution >= 0.6 is 0 Å². The highest BCUT2D eigenvalue weighted by molar-refractivity contribution is 5.60. The van der Waals surface area contributed by atoms with Crippen molar-refractivity contribution < 1.29 is 14.3 Å². The van der Waals surface area contributed by atoms with Crippen molar-refractivity contribution in [3.05, 3.63) is 12.7 Å². The molecule has 1 aliphatic rings. The van der Waals surface area contributed by atoms with Gasteiger partial charge in [0.05, 0.1) is 0 Å². The molecule has 0 aliphatic heterocycles. The SMILES string of the molecule is C=CCOC(=O)OC1CC(C)CC(C)(C)C1. The van der Waals surface area contributed by atoms with Gasteiger partial charge in [0.15, 0.2) is 0 Å². The van der Waals surface area contributed by atoms with Crippen LogP contribution in [0.4, 0.5) is 4.79 Å². The largest absolute Gasteiger partial charge is 0.508 e. The second-order valence-electron chi connectivity index (χ2n) is 5.50. The minimum absolute atomic E-state index is 0.00364. The second-order valence-corrected chi connectivity index (χ2v) is 5.50. The van der Waals surface area contributed by atoms with Gasteiger partial charge in [-0.15, -0.1) is 0 Å². The van der Waals surface area contributed by atoms with E-state index in [1.807, 2.05) is 0 Å². The quantitative estimate of drug-likeness (QED) is 0.545. The first-order chi connectivity index (χ1) is 7.43. The zero-order valence-electron chi connectivity index (χ0n) is 10.5. The minimum atomic E-state index is -0.574. The molecule has 1 rings (SSSR count). The summed E-state index contributed by atoms with van der Waals surface area (Å²) in [6.07, 6.45) is 4.00. The number of hydrogen-bond donors (Lipinski definition) is 0. The van der Waals surface area contributed by atoms with Crippen molar-refractivity contribution in [2.24, 2.45) is 11.3 Å². The van der Waals surface area contributed by atoms with Gasteiger partial charge in [0.1, 0.15) is 12.7 Å². The summed E-state index contributed by atoms with van der Waals surface area (Å²) in [7, 11) is 0. The number of hydrogen-bond acceptors (Lipinski definition) is 3. The van der Waals surface area contributed by atoms with E-state index in [1.54, 1.807) is 0 Å². The van der Waals surface area contributed by atoms with Crippen LogP contribution in [0.15, 0.2) is 12.7 Å². The van der Waals surface area contributed by atoms with Crippen LogP contribution in [0.25, 0.3) is 0 Å². The monoisotopic (exact) mass is 226 g/mol. The molecular weight excluding hydrogens is 204 g/mol. The highest BCUT2D eigenvalue weighted by Crippen LogP contribution is 2.39. The van der Waals surface area contributed by atoms with E-state index in [9.17, 15) is 4.79 Å². The van der Waals surface area contributed by atoms with E-state index >= 15 is 0 Å². The molecule has 0 amide bonds. The summed E-state index contributed by atoms with van der Waals surface area (Å²) in [4.78, 5) is 11.3. The summed E-state index contributed by atoms with van der Waals surface area (Å²) in [5, 5.41) is 0. The molecule has 0 aromatic carbocycles. The maximum absolute atomic E-state index is 11.3. The third kappa shape index (κ3) is 4.25. The molecule has 92 valence electrons. The molecule has 1 fully saturated rings. The topological polar surface area (TPSA) is 35.5 Å². The third-order valence-corrected chi connectivity index (χ3v) is 2.93. The van der Waals surface area contributed by atoms with E-state index in [2.05, 4.69) is 27.4 Å². The highest BCUT2D eigenvalue weighted by atomic mass is 16.7. The van der Waals surface area contributed by atoms with Crippen LogP contribution in [0.2, 0.25) is 0 Å². The van der Waals surface area contributed by atoms with Gasteiger partial charge in [0.2, 0.25) is 0 Å². The second kappa shape index (κ2) is 5.37. The van der Waals surface area contributed by atoms with E-state index in [4.69, 9.17) is 9.47 Å². The lowest BCUT2D eigenvalue weighted by molar-refractivity contribution is -0.0169. The molecule has 0 saturated heterocycles. The summed E-state index contributed by atoms with van der Waals surface area (Å²) in [5.74, 6) is 0.598. The Balaban J connectivity index is 2.41. The van der Waals surface area contributed by atoms with E-state index < -0.39 is 6.16 Å². The van der Waals surface area contributed by atoms with E-state index in [0.717, 1.165) is 12.8 Å². The number of carbonyl (C=O) groups excluding carboxylic acids is 1. The molecule has 0 spiro atoms. The standard InChI is InChI=1S/C13H22O3/c1-5-6-15-12(14)16-11-7-10(2)8-13(3,4)9-11/h5,10-11H,1,6-9H2,2-4H3. The molecule has 2 unspecified atom stereocenters. The molecule has 2 atom stereocenters. The number of rotatable bonds is 3. The maximum atomic E-state index is 11.3. The zero-order chi connectivity index (χ0) is 12.2. The predicted octanol–water partition coefficient (Wildman–Crippen LogP) is 3.54. The van der Waals surface area contributed by atoms with Crippen molar-refractivity contribution in [2.45, 2.75) is 46.1 Å². The minimum Gasteiger partial charge on any atom is -0.431 e. The zero-order valence-corrected chi connectivity index (χ0v) is 10.5. The van der Waals surface area contributed by atoms with Crippen LogP contribution in [-0.2, 0) is 9.47 Å². The van der Waals surface area contributed by atoms with Gasteiger partial charge in [0.25, 0.3) is 0 Å². The van der Waals surface area contributed by atoms with Gasteiger partial charge >= 0.3 is 6.16 Å². The van der Waals surface area contributed by atoms with Gasteiger partial charge in [-0.3, -0.25) is 0 Å². The fourth-order valence-corrected chi connectivity index (χ4v) is 2.65. The van der Waals surface area contributed by atoms with Crippen molar-refractivity contribution >= 4 is 6.16 Å². The van der Waals surface area contributed by atoms with Gasteiger partial charge in [-0.05, 0) is 30.6 Å². The first-order valence-corrected chi connectivity index (χ1v) is 5.87. The maximum Gasteiger partial charge on any atom is 0.508 e. The Kier molecular flexibility index (Phi) is 4.39. The Labute approximate surface area is 97.8 Å². The summed E-state index contributed by atoms with van der Waals surface area (Å²) in [6.45, 7) is 10.3. The summed E-state index contributed by atoms with van der Waals surface area (Å²) in [5.41, 5.74) is 0.251. The first kappa shape index (κ1) is 13.1. The fourth-order valence-electron chi connectivity index (χ4n) is 2.65. The average molecular weight is 226 g/mol. The molecule has 0 aromatic heterocycles. The predicted molar refractivity (Wildman–Crippen MR) is 63.2 cm³/mol. The van der Waals surface area contributed by atoms with Gasteiger partial charge in [0, 0.05) is 0 Å². The first-order valence-electron chi connectivity index (χ1n) is 5.87. The Morgan fingerprint density at radius 3 is 2.75 bits per heavy atom. The van der Waals surface area contributed by atoms with Crippen molar-refractivity contribution in [3.63, 3.8) is 0 Å². The van der Waals surface area contributed by atoms with Gasteiger partial charge in [-0.25, -0.2) is 4.79 Å². The van der Waals surface area contributed by atoms with Crippen LogP contribution in [0.1, 0.15) is 40.0 Å². The number of carbonyl (C=O) groups is 1. The Bertz CT molecular complexity index is 258. The smallest absolute Gasteiger partial charge is 0.431 e.